The quantitative estimate of drug-likeness (QED) is 0.0833. The van der Waals surface area contributed by atoms with Crippen LogP contribution in [0.2, 0.25) is 0 Å². The first kappa shape index (κ1) is 33.1. The van der Waals surface area contributed by atoms with Crippen LogP contribution in [0, 0.1) is 33.9 Å². The number of hydrazine groups is 1. The molecule has 1 heterocycles. The molecule has 4 rings (SSSR count). The largest absolute Gasteiger partial charge is 0.494 e. The van der Waals surface area contributed by atoms with Crippen molar-refractivity contribution in [1.29, 1.82) is 0 Å². The van der Waals surface area contributed by atoms with E-state index in [1.165, 1.54) is 12.1 Å². The Hall–Kier alpha value is -2.80. The SMILES string of the molecule is CC(=O)CC[C@]12CC[C@@H](C)[C@](C)(C1)[C@H](OC(=O)COc1ccc3c(c1F)B(O)OC3)C[C@@](C)(/C=C/C(=O)NN)[C@@H](O)[C@@H]2C. The fourth-order valence-electron chi connectivity index (χ4n) is 7.56. The first-order chi connectivity index (χ1) is 20.2. The van der Waals surface area contributed by atoms with E-state index in [-0.39, 0.29) is 41.9 Å². The number of ether oxygens (including phenoxy) is 2. The zero-order valence-corrected chi connectivity index (χ0v) is 25.7. The maximum absolute atomic E-state index is 15.0. The Morgan fingerprint density at radius 2 is 2.00 bits per heavy atom. The van der Waals surface area contributed by atoms with Gasteiger partial charge >= 0.3 is 13.1 Å². The van der Waals surface area contributed by atoms with Gasteiger partial charge < -0.3 is 29.1 Å². The summed E-state index contributed by atoms with van der Waals surface area (Å²) in [4.78, 5) is 37.5. The van der Waals surface area contributed by atoms with Crippen LogP contribution in [0.4, 0.5) is 4.39 Å². The van der Waals surface area contributed by atoms with Crippen LogP contribution in [-0.2, 0) is 30.4 Å². The minimum absolute atomic E-state index is 0.0106. The molecule has 1 aromatic carbocycles. The number of Topliss-reactive ketones (excluding diaryl/α,β-unsaturated/α-hetero) is 1. The summed E-state index contributed by atoms with van der Waals surface area (Å²) in [6, 6.07) is 2.96. The molecule has 43 heavy (non-hydrogen) atoms. The van der Waals surface area contributed by atoms with E-state index in [0.717, 1.165) is 12.8 Å². The summed E-state index contributed by atoms with van der Waals surface area (Å²) in [7, 11) is -1.41. The molecule has 0 spiro atoms. The summed E-state index contributed by atoms with van der Waals surface area (Å²) in [6.07, 6.45) is 4.69. The third-order valence-corrected chi connectivity index (χ3v) is 10.6. The minimum atomic E-state index is -1.41. The second-order valence-electron chi connectivity index (χ2n) is 13.4. The van der Waals surface area contributed by atoms with Gasteiger partial charge in [-0.15, -0.1) is 0 Å². The summed E-state index contributed by atoms with van der Waals surface area (Å²) in [5.74, 6) is 3.02. The van der Waals surface area contributed by atoms with Gasteiger partial charge in [-0.05, 0) is 67.9 Å². The summed E-state index contributed by atoms with van der Waals surface area (Å²) in [5.41, 5.74) is 0.618. The van der Waals surface area contributed by atoms with Crippen LogP contribution < -0.4 is 21.5 Å². The number of hydrogen-bond acceptors (Lipinski definition) is 9. The smallest absolute Gasteiger partial charge is 0.479 e. The van der Waals surface area contributed by atoms with Crippen LogP contribution in [0.25, 0.3) is 0 Å². The Morgan fingerprint density at radius 1 is 1.28 bits per heavy atom. The van der Waals surface area contributed by atoms with Gasteiger partial charge in [0.2, 0.25) is 0 Å². The maximum atomic E-state index is 15.0. The van der Waals surface area contributed by atoms with E-state index in [2.05, 4.69) is 19.3 Å². The first-order valence-electron chi connectivity index (χ1n) is 15.0. The Morgan fingerprint density at radius 3 is 2.67 bits per heavy atom. The van der Waals surface area contributed by atoms with Crippen molar-refractivity contribution in [2.75, 3.05) is 6.61 Å². The molecule has 2 saturated carbocycles. The number of ketones is 1. The lowest BCUT2D eigenvalue weighted by Crippen LogP contribution is -2.58. The molecule has 5 N–H and O–H groups in total. The molecule has 7 atom stereocenters. The number of carbonyl (C=O) groups excluding carboxylic acids is 3. The highest BCUT2D eigenvalue weighted by Crippen LogP contribution is 2.62. The molecule has 0 saturated heterocycles. The molecule has 12 heteroatoms. The number of benzene rings is 1. The number of rotatable bonds is 9. The molecule has 1 aromatic rings. The third kappa shape index (κ3) is 6.52. The van der Waals surface area contributed by atoms with Gasteiger partial charge in [0, 0.05) is 28.8 Å². The average molecular weight is 603 g/mol. The molecular weight excluding hydrogens is 558 g/mol. The van der Waals surface area contributed by atoms with E-state index >= 15 is 4.39 Å². The number of esters is 1. The number of halogens is 1. The molecule has 0 aromatic heterocycles. The van der Waals surface area contributed by atoms with E-state index in [4.69, 9.17) is 20.0 Å². The van der Waals surface area contributed by atoms with Crippen molar-refractivity contribution in [2.24, 2.45) is 33.9 Å². The highest BCUT2D eigenvalue weighted by atomic mass is 19.1. The number of nitrogens with two attached hydrogens (primary N) is 1. The van der Waals surface area contributed by atoms with Crippen LogP contribution in [-0.4, -0.2) is 53.7 Å². The number of carbonyl (C=O) groups is 3. The molecule has 10 nitrogen and oxygen atoms in total. The molecule has 2 fully saturated rings. The van der Waals surface area contributed by atoms with Gasteiger partial charge in [-0.3, -0.25) is 10.2 Å². The van der Waals surface area contributed by atoms with E-state index in [0.29, 0.717) is 24.8 Å². The molecule has 236 valence electrons. The van der Waals surface area contributed by atoms with Crippen molar-refractivity contribution in [2.45, 2.75) is 92.0 Å². The predicted octanol–water partition coefficient (Wildman–Crippen LogP) is 2.47. The molecule has 1 aliphatic heterocycles. The molecule has 2 bridgehead atoms. The topological polar surface area (TPSA) is 157 Å². The minimum Gasteiger partial charge on any atom is -0.479 e. The average Bonchev–Trinajstić information content (AvgIpc) is 3.35. The van der Waals surface area contributed by atoms with Crippen molar-refractivity contribution < 1.29 is 43.0 Å². The van der Waals surface area contributed by atoms with Gasteiger partial charge in [0.1, 0.15) is 11.9 Å². The van der Waals surface area contributed by atoms with Crippen molar-refractivity contribution >= 4 is 30.2 Å². The van der Waals surface area contributed by atoms with Crippen molar-refractivity contribution in [3.8, 4) is 5.75 Å². The number of fused-ring (bicyclic) bond motifs is 3. The maximum Gasteiger partial charge on any atom is 0.494 e. The standard InChI is InChI=1S/C31H44BFN2O8/c1-18-8-12-31(13-9-19(2)36)17-30(18,5)23(14-29(4,28(39)20(31)3)11-10-24(37)35-34)43-25(38)16-41-22-7-6-21-15-42-32(40)26(21)27(22)33/h6-7,10-11,18,20,23,28,39-40H,8-9,12-17,34H2,1-5H3,(H,35,37)/b11-10+/t18-,20+,23-,28+,29-,30+,31-/m1/s1. The zero-order chi connectivity index (χ0) is 31.7. The van der Waals surface area contributed by atoms with Crippen LogP contribution >= 0.6 is 0 Å². The van der Waals surface area contributed by atoms with Crippen molar-refractivity contribution in [3.63, 3.8) is 0 Å². The number of nitrogens with one attached hydrogen (secondary N) is 1. The fraction of sp³-hybridized carbons (Fsp3) is 0.645. The van der Waals surface area contributed by atoms with E-state index in [1.807, 2.05) is 13.8 Å². The van der Waals surface area contributed by atoms with Gasteiger partial charge in [-0.25, -0.2) is 15.0 Å². The Labute approximate surface area is 252 Å². The van der Waals surface area contributed by atoms with E-state index in [9.17, 15) is 24.5 Å². The molecular formula is C31H44BFN2O8. The molecule has 0 unspecified atom stereocenters. The summed E-state index contributed by atoms with van der Waals surface area (Å²) >= 11 is 0. The Bertz CT molecular complexity index is 1280. The lowest BCUT2D eigenvalue weighted by atomic mass is 9.47. The number of hydrogen-bond donors (Lipinski definition) is 4. The highest BCUT2D eigenvalue weighted by Gasteiger charge is 2.59. The zero-order valence-electron chi connectivity index (χ0n) is 25.7. The number of aliphatic hydroxyl groups is 1. The lowest BCUT2D eigenvalue weighted by Gasteiger charge is -2.60. The Kier molecular flexibility index (Phi) is 9.75. The highest BCUT2D eigenvalue weighted by molar-refractivity contribution is 6.61. The van der Waals surface area contributed by atoms with Gasteiger partial charge in [0.15, 0.2) is 18.2 Å². The van der Waals surface area contributed by atoms with Gasteiger partial charge in [0.25, 0.3) is 5.91 Å². The van der Waals surface area contributed by atoms with Crippen molar-refractivity contribution in [1.82, 2.24) is 5.43 Å². The van der Waals surface area contributed by atoms with Gasteiger partial charge in [-0.2, -0.15) is 0 Å². The van der Waals surface area contributed by atoms with E-state index in [1.54, 1.807) is 19.1 Å². The monoisotopic (exact) mass is 602 g/mol. The Balaban J connectivity index is 1.65. The van der Waals surface area contributed by atoms with Crippen LogP contribution in [0.3, 0.4) is 0 Å². The molecule has 0 radical (unpaired) electrons. The predicted molar refractivity (Wildman–Crippen MR) is 157 cm³/mol. The van der Waals surface area contributed by atoms with Gasteiger partial charge in [0.05, 0.1) is 12.7 Å². The second-order valence-corrected chi connectivity index (χ2v) is 13.4. The molecule has 3 aliphatic rings. The lowest BCUT2D eigenvalue weighted by molar-refractivity contribution is -0.190. The van der Waals surface area contributed by atoms with Crippen LogP contribution in [0.1, 0.15) is 78.7 Å². The second kappa shape index (κ2) is 12.7. The number of aliphatic hydroxyl groups excluding tert-OH is 1. The van der Waals surface area contributed by atoms with E-state index < -0.39 is 59.9 Å². The summed E-state index contributed by atoms with van der Waals surface area (Å²) < 4.78 is 31.8. The normalized spacial score (nSPS) is 33.8. The van der Waals surface area contributed by atoms with Crippen LogP contribution in [0.15, 0.2) is 24.3 Å². The van der Waals surface area contributed by atoms with Gasteiger partial charge in [-0.1, -0.05) is 39.8 Å². The number of amides is 1. The first-order valence-corrected chi connectivity index (χ1v) is 15.0. The molecule has 1 amide bonds. The third-order valence-electron chi connectivity index (χ3n) is 10.6. The van der Waals surface area contributed by atoms with Crippen LogP contribution in [0.5, 0.6) is 5.75 Å². The summed E-state index contributed by atoms with van der Waals surface area (Å²) in [5, 5.41) is 21.8. The summed E-state index contributed by atoms with van der Waals surface area (Å²) in [6.45, 7) is 9.09. The fourth-order valence-corrected chi connectivity index (χ4v) is 7.56. The molecule has 2 aliphatic carbocycles. The van der Waals surface area contributed by atoms with Crippen molar-refractivity contribution in [3.05, 3.63) is 35.7 Å².